The van der Waals surface area contributed by atoms with Gasteiger partial charge < -0.3 is 29.2 Å². The average Bonchev–Trinajstić information content (AvgIpc) is 3.57. The Morgan fingerprint density at radius 3 is 2.62 bits per heavy atom. The fourth-order valence-corrected chi connectivity index (χ4v) is 6.30. The highest BCUT2D eigenvalue weighted by Gasteiger charge is 2.33. The number of nitrogens with zero attached hydrogens (tertiary/aromatic N) is 2. The second-order valence-electron chi connectivity index (χ2n) is 10.8. The standard InChI is InChI=1S/C30H38N4O5/c1-18-15-26(38-4)24(28(35)32-18)16-31-29(36)27-20(3)34(25-8-6-5-7-23(25)27)19(2)21-9-12-33(13-10-21)30(37)22-11-14-39-17-22/h5-8,15,19,21-22H,9-14,16-17H2,1-4H3,(H,31,36)(H,32,35). The molecule has 9 heteroatoms. The van der Waals surface area contributed by atoms with Crippen LogP contribution in [0.1, 0.15) is 59.5 Å². The Morgan fingerprint density at radius 1 is 1.18 bits per heavy atom. The first kappa shape index (κ1) is 27.0. The number of aromatic amines is 1. The van der Waals surface area contributed by atoms with Crippen molar-refractivity contribution in [3.63, 3.8) is 0 Å². The monoisotopic (exact) mass is 534 g/mol. The molecule has 5 rings (SSSR count). The summed E-state index contributed by atoms with van der Waals surface area (Å²) in [6.45, 7) is 8.77. The summed E-state index contributed by atoms with van der Waals surface area (Å²) in [5, 5.41) is 3.84. The number of amides is 2. The van der Waals surface area contributed by atoms with Crippen LogP contribution in [0.4, 0.5) is 0 Å². The van der Waals surface area contributed by atoms with E-state index in [1.165, 1.54) is 7.11 Å². The number of ether oxygens (including phenoxy) is 2. The Morgan fingerprint density at radius 2 is 1.92 bits per heavy atom. The van der Waals surface area contributed by atoms with Crippen molar-refractivity contribution >= 4 is 22.7 Å². The van der Waals surface area contributed by atoms with Gasteiger partial charge >= 0.3 is 0 Å². The Bertz CT molecular complexity index is 1430. The van der Waals surface area contributed by atoms with E-state index in [2.05, 4.69) is 27.9 Å². The highest BCUT2D eigenvalue weighted by Crippen LogP contribution is 2.36. The zero-order valence-corrected chi connectivity index (χ0v) is 23.2. The second kappa shape index (κ2) is 11.3. The molecule has 0 saturated carbocycles. The van der Waals surface area contributed by atoms with Gasteiger partial charge in [-0.3, -0.25) is 14.4 Å². The van der Waals surface area contributed by atoms with Crippen LogP contribution >= 0.6 is 0 Å². The van der Waals surface area contributed by atoms with Gasteiger partial charge in [-0.1, -0.05) is 18.2 Å². The number of likely N-dealkylation sites (tertiary alicyclic amines) is 1. The molecule has 3 aromatic rings. The predicted molar refractivity (Wildman–Crippen MR) is 149 cm³/mol. The number of H-pyrrole nitrogens is 1. The zero-order chi connectivity index (χ0) is 27.7. The van der Waals surface area contributed by atoms with E-state index in [0.29, 0.717) is 41.7 Å². The third-order valence-corrected chi connectivity index (χ3v) is 8.48. The van der Waals surface area contributed by atoms with Crippen LogP contribution in [0.3, 0.4) is 0 Å². The smallest absolute Gasteiger partial charge is 0.256 e. The summed E-state index contributed by atoms with van der Waals surface area (Å²) in [5.41, 5.74) is 3.34. The minimum atomic E-state index is -0.273. The van der Waals surface area contributed by atoms with E-state index in [4.69, 9.17) is 9.47 Å². The Hall–Kier alpha value is -3.59. The molecular weight excluding hydrogens is 496 g/mol. The summed E-state index contributed by atoms with van der Waals surface area (Å²) < 4.78 is 13.1. The summed E-state index contributed by atoms with van der Waals surface area (Å²) in [7, 11) is 1.52. The maximum absolute atomic E-state index is 13.6. The molecule has 2 atom stereocenters. The number of aryl methyl sites for hydroxylation is 1. The minimum Gasteiger partial charge on any atom is -0.496 e. The molecular formula is C30H38N4O5. The van der Waals surface area contributed by atoms with Crippen LogP contribution in [0, 0.1) is 25.7 Å². The number of benzene rings is 1. The van der Waals surface area contributed by atoms with Crippen molar-refractivity contribution in [3.05, 3.63) is 63.2 Å². The van der Waals surface area contributed by atoms with E-state index < -0.39 is 0 Å². The number of para-hydroxylation sites is 1. The molecule has 4 heterocycles. The number of aromatic nitrogens is 2. The van der Waals surface area contributed by atoms with Crippen LogP contribution in [0.2, 0.25) is 0 Å². The quantitative estimate of drug-likeness (QED) is 0.481. The molecule has 2 unspecified atom stereocenters. The predicted octanol–water partition coefficient (Wildman–Crippen LogP) is 3.72. The first-order valence-corrected chi connectivity index (χ1v) is 13.8. The van der Waals surface area contributed by atoms with Crippen molar-refractivity contribution < 1.29 is 19.1 Å². The number of fused-ring (bicyclic) bond motifs is 1. The summed E-state index contributed by atoms with van der Waals surface area (Å²) in [4.78, 5) is 43.7. The minimum absolute atomic E-state index is 0.00569. The molecule has 2 N–H and O–H groups in total. The third-order valence-electron chi connectivity index (χ3n) is 8.48. The van der Waals surface area contributed by atoms with Crippen LogP contribution in [0.25, 0.3) is 10.9 Å². The molecule has 2 aliphatic heterocycles. The SMILES string of the molecule is COc1cc(C)[nH]c(=O)c1CNC(=O)c1c(C)n(C(C)C2CCN(C(=O)C3CCOC3)CC2)c2ccccc12. The van der Waals surface area contributed by atoms with Crippen molar-refractivity contribution in [1.29, 1.82) is 0 Å². The lowest BCUT2D eigenvalue weighted by Crippen LogP contribution is -2.43. The lowest BCUT2D eigenvalue weighted by molar-refractivity contribution is -0.137. The van der Waals surface area contributed by atoms with Gasteiger partial charge in [0.15, 0.2) is 0 Å². The highest BCUT2D eigenvalue weighted by atomic mass is 16.5. The number of rotatable bonds is 7. The highest BCUT2D eigenvalue weighted by molar-refractivity contribution is 6.08. The summed E-state index contributed by atoms with van der Waals surface area (Å²) >= 11 is 0. The molecule has 1 aromatic carbocycles. The number of hydrogen-bond acceptors (Lipinski definition) is 5. The van der Waals surface area contributed by atoms with Crippen molar-refractivity contribution in [2.75, 3.05) is 33.4 Å². The Kier molecular flexibility index (Phi) is 7.79. The number of nitrogens with one attached hydrogen (secondary N) is 2. The molecule has 9 nitrogen and oxygen atoms in total. The molecule has 0 spiro atoms. The third kappa shape index (κ3) is 5.20. The largest absolute Gasteiger partial charge is 0.496 e. The lowest BCUT2D eigenvalue weighted by Gasteiger charge is -2.37. The van der Waals surface area contributed by atoms with Crippen molar-refractivity contribution in [3.8, 4) is 5.75 Å². The molecule has 2 aromatic heterocycles. The normalized spacial score (nSPS) is 18.9. The number of pyridine rings is 1. The Labute approximate surface area is 228 Å². The van der Waals surface area contributed by atoms with Gasteiger partial charge in [0.05, 0.1) is 37.3 Å². The average molecular weight is 535 g/mol. The van der Waals surface area contributed by atoms with Crippen molar-refractivity contribution in [1.82, 2.24) is 19.8 Å². The topological polar surface area (TPSA) is 106 Å². The number of methoxy groups -OCH3 is 1. The lowest BCUT2D eigenvalue weighted by atomic mass is 9.89. The number of carbonyl (C=O) groups is 2. The van der Waals surface area contributed by atoms with E-state index in [1.807, 2.05) is 30.0 Å². The van der Waals surface area contributed by atoms with Crippen LogP contribution in [0.5, 0.6) is 5.75 Å². The Balaban J connectivity index is 1.35. The van der Waals surface area contributed by atoms with Gasteiger partial charge in [0.1, 0.15) is 5.75 Å². The first-order valence-electron chi connectivity index (χ1n) is 13.8. The van der Waals surface area contributed by atoms with E-state index in [9.17, 15) is 14.4 Å². The van der Waals surface area contributed by atoms with E-state index in [1.54, 1.807) is 13.0 Å². The second-order valence-corrected chi connectivity index (χ2v) is 10.8. The summed E-state index contributed by atoms with van der Waals surface area (Å²) in [6.07, 6.45) is 2.66. The fraction of sp³-hybridized carbons (Fsp3) is 0.500. The zero-order valence-electron chi connectivity index (χ0n) is 23.2. The molecule has 0 aliphatic carbocycles. The fourth-order valence-electron chi connectivity index (χ4n) is 6.30. The number of piperidine rings is 1. The molecule has 2 amide bonds. The molecule has 208 valence electrons. The summed E-state index contributed by atoms with van der Waals surface area (Å²) in [5.74, 6) is 0.843. The van der Waals surface area contributed by atoms with Crippen LogP contribution in [-0.2, 0) is 16.1 Å². The number of hydrogen-bond donors (Lipinski definition) is 2. The van der Waals surface area contributed by atoms with Crippen LogP contribution in [-0.4, -0.2) is 59.7 Å². The molecule has 2 saturated heterocycles. The molecule has 2 aliphatic rings. The maximum atomic E-state index is 13.6. The molecule has 39 heavy (non-hydrogen) atoms. The van der Waals surface area contributed by atoms with E-state index in [-0.39, 0.29) is 35.9 Å². The van der Waals surface area contributed by atoms with Crippen LogP contribution in [0.15, 0.2) is 35.1 Å². The van der Waals surface area contributed by atoms with Crippen molar-refractivity contribution in [2.24, 2.45) is 11.8 Å². The van der Waals surface area contributed by atoms with Crippen LogP contribution < -0.4 is 15.6 Å². The van der Waals surface area contributed by atoms with Gasteiger partial charge in [-0.25, -0.2) is 0 Å². The molecule has 0 bridgehead atoms. The molecule has 2 fully saturated rings. The van der Waals surface area contributed by atoms with E-state index >= 15 is 0 Å². The first-order chi connectivity index (χ1) is 18.8. The van der Waals surface area contributed by atoms with Gasteiger partial charge in [0, 0.05) is 48.0 Å². The van der Waals surface area contributed by atoms with Gasteiger partial charge in [-0.2, -0.15) is 0 Å². The van der Waals surface area contributed by atoms with Gasteiger partial charge in [-0.05, 0) is 58.1 Å². The number of carbonyl (C=O) groups excluding carboxylic acids is 2. The van der Waals surface area contributed by atoms with Gasteiger partial charge in [0.25, 0.3) is 11.5 Å². The van der Waals surface area contributed by atoms with E-state index in [0.717, 1.165) is 48.9 Å². The maximum Gasteiger partial charge on any atom is 0.256 e. The summed E-state index contributed by atoms with van der Waals surface area (Å²) in [6, 6.07) is 9.88. The molecule has 0 radical (unpaired) electrons. The van der Waals surface area contributed by atoms with Gasteiger partial charge in [0.2, 0.25) is 5.91 Å². The van der Waals surface area contributed by atoms with Gasteiger partial charge in [-0.15, -0.1) is 0 Å². The van der Waals surface area contributed by atoms with Crippen molar-refractivity contribution in [2.45, 2.75) is 52.6 Å².